The molecule has 0 N–H and O–H groups in total. The van der Waals surface area contributed by atoms with E-state index in [2.05, 4.69) is 55.5 Å². The van der Waals surface area contributed by atoms with Gasteiger partial charge in [0.2, 0.25) is 0 Å². The van der Waals surface area contributed by atoms with Crippen LogP contribution in [0.15, 0.2) is 24.4 Å². The first-order chi connectivity index (χ1) is 8.08. The number of hydrogen-bond donors (Lipinski definition) is 0. The highest BCUT2D eigenvalue weighted by Gasteiger charge is 2.09. The van der Waals surface area contributed by atoms with Gasteiger partial charge in [-0.15, -0.1) is 0 Å². The molecule has 0 unspecified atom stereocenters. The van der Waals surface area contributed by atoms with Gasteiger partial charge < -0.3 is 0 Å². The molecule has 0 aliphatic carbocycles. The van der Waals surface area contributed by atoms with E-state index < -0.39 is 0 Å². The fourth-order valence-corrected chi connectivity index (χ4v) is 2.29. The van der Waals surface area contributed by atoms with Crippen molar-refractivity contribution >= 4 is 5.52 Å². The number of fused-ring (bicyclic) bond motifs is 1. The lowest BCUT2D eigenvalue weighted by Crippen LogP contribution is -2.03. The molecule has 0 aliphatic heterocycles. The molecular weight excluding hydrogens is 208 g/mol. The molecule has 2 rings (SSSR count). The Kier molecular flexibility index (Phi) is 3.51. The Hall–Kier alpha value is -1.31. The van der Waals surface area contributed by atoms with Gasteiger partial charge in [0, 0.05) is 5.69 Å². The van der Waals surface area contributed by atoms with Crippen molar-refractivity contribution in [2.24, 2.45) is 11.8 Å². The Morgan fingerprint density at radius 2 is 1.76 bits per heavy atom. The molecule has 0 atom stereocenters. The molecule has 0 aliphatic rings. The second kappa shape index (κ2) is 4.91. The zero-order valence-electron chi connectivity index (χ0n) is 11.3. The van der Waals surface area contributed by atoms with Crippen molar-refractivity contribution in [2.45, 2.75) is 40.5 Å². The van der Waals surface area contributed by atoms with Gasteiger partial charge in [0.15, 0.2) is 0 Å². The van der Waals surface area contributed by atoms with Crippen LogP contribution in [0.25, 0.3) is 5.52 Å². The minimum absolute atomic E-state index is 0.665. The fourth-order valence-electron chi connectivity index (χ4n) is 2.29. The number of aromatic nitrogens is 2. The Balaban J connectivity index is 2.41. The van der Waals surface area contributed by atoms with Crippen LogP contribution in [0.1, 0.15) is 39.0 Å². The standard InChI is InChI=1S/C15H22N2/c1-11(2)8-13-10-16-17-14(9-12(3)4)6-5-7-15(13)17/h5-7,10-12H,8-9H2,1-4H3. The van der Waals surface area contributed by atoms with E-state index in [1.807, 2.05) is 6.20 Å². The number of nitrogens with zero attached hydrogens (tertiary/aromatic N) is 2. The van der Waals surface area contributed by atoms with Crippen LogP contribution >= 0.6 is 0 Å². The summed E-state index contributed by atoms with van der Waals surface area (Å²) in [7, 11) is 0. The lowest BCUT2D eigenvalue weighted by atomic mass is 10.0. The van der Waals surface area contributed by atoms with Gasteiger partial charge in [0.25, 0.3) is 0 Å². The van der Waals surface area contributed by atoms with Crippen molar-refractivity contribution in [3.63, 3.8) is 0 Å². The summed E-state index contributed by atoms with van der Waals surface area (Å²) in [4.78, 5) is 0. The van der Waals surface area contributed by atoms with Crippen molar-refractivity contribution < 1.29 is 0 Å². The van der Waals surface area contributed by atoms with Gasteiger partial charge in [-0.2, -0.15) is 5.10 Å². The van der Waals surface area contributed by atoms with E-state index in [9.17, 15) is 0 Å². The van der Waals surface area contributed by atoms with Crippen molar-refractivity contribution in [2.75, 3.05) is 0 Å². The van der Waals surface area contributed by atoms with Crippen LogP contribution in [0.4, 0.5) is 0 Å². The highest BCUT2D eigenvalue weighted by molar-refractivity contribution is 5.54. The smallest absolute Gasteiger partial charge is 0.0696 e. The van der Waals surface area contributed by atoms with Crippen LogP contribution in [-0.4, -0.2) is 9.61 Å². The molecule has 17 heavy (non-hydrogen) atoms. The van der Waals surface area contributed by atoms with Crippen molar-refractivity contribution in [3.8, 4) is 0 Å². The molecule has 92 valence electrons. The predicted molar refractivity (Wildman–Crippen MR) is 72.3 cm³/mol. The van der Waals surface area contributed by atoms with E-state index in [1.165, 1.54) is 16.8 Å². The molecule has 0 saturated carbocycles. The molecular formula is C15H22N2. The molecule has 2 aromatic heterocycles. The van der Waals surface area contributed by atoms with E-state index >= 15 is 0 Å². The molecule has 0 saturated heterocycles. The van der Waals surface area contributed by atoms with Crippen molar-refractivity contribution in [1.29, 1.82) is 0 Å². The van der Waals surface area contributed by atoms with Crippen LogP contribution < -0.4 is 0 Å². The van der Waals surface area contributed by atoms with Crippen LogP contribution in [0, 0.1) is 11.8 Å². The highest BCUT2D eigenvalue weighted by Crippen LogP contribution is 2.18. The molecule has 0 amide bonds. The lowest BCUT2D eigenvalue weighted by Gasteiger charge is -2.08. The van der Waals surface area contributed by atoms with Crippen LogP contribution in [0.5, 0.6) is 0 Å². The van der Waals surface area contributed by atoms with Gasteiger partial charge in [0.05, 0.1) is 11.7 Å². The van der Waals surface area contributed by atoms with Crippen LogP contribution in [0.2, 0.25) is 0 Å². The first-order valence-corrected chi connectivity index (χ1v) is 6.52. The van der Waals surface area contributed by atoms with Gasteiger partial charge in [0.1, 0.15) is 0 Å². The van der Waals surface area contributed by atoms with E-state index in [4.69, 9.17) is 0 Å². The van der Waals surface area contributed by atoms with Gasteiger partial charge in [-0.3, -0.25) is 0 Å². The summed E-state index contributed by atoms with van der Waals surface area (Å²) in [5, 5.41) is 4.54. The quantitative estimate of drug-likeness (QED) is 0.782. The second-order valence-corrected chi connectivity index (χ2v) is 5.68. The Labute approximate surface area is 104 Å². The molecule has 2 heterocycles. The average Bonchev–Trinajstić information content (AvgIpc) is 2.61. The third-order valence-electron chi connectivity index (χ3n) is 2.95. The summed E-state index contributed by atoms with van der Waals surface area (Å²) in [6, 6.07) is 6.51. The normalized spacial score (nSPS) is 11.9. The first kappa shape index (κ1) is 12.2. The Morgan fingerprint density at radius 3 is 2.41 bits per heavy atom. The summed E-state index contributed by atoms with van der Waals surface area (Å²) >= 11 is 0. The van der Waals surface area contributed by atoms with E-state index in [0.717, 1.165) is 12.8 Å². The topological polar surface area (TPSA) is 17.3 Å². The Bertz CT molecular complexity index is 495. The van der Waals surface area contributed by atoms with E-state index in [-0.39, 0.29) is 0 Å². The first-order valence-electron chi connectivity index (χ1n) is 6.52. The predicted octanol–water partition coefficient (Wildman–Crippen LogP) is 3.73. The van der Waals surface area contributed by atoms with Gasteiger partial charge in [-0.1, -0.05) is 33.8 Å². The van der Waals surface area contributed by atoms with Gasteiger partial charge in [-0.05, 0) is 42.4 Å². The summed E-state index contributed by atoms with van der Waals surface area (Å²) < 4.78 is 2.11. The largest absolute Gasteiger partial charge is 0.238 e. The zero-order valence-corrected chi connectivity index (χ0v) is 11.3. The van der Waals surface area contributed by atoms with Crippen molar-refractivity contribution in [3.05, 3.63) is 35.7 Å². The molecule has 2 aromatic rings. The summed E-state index contributed by atoms with van der Waals surface area (Å²) in [6.45, 7) is 9.00. The molecule has 0 aromatic carbocycles. The molecule has 0 bridgehead atoms. The molecule has 2 heteroatoms. The minimum atomic E-state index is 0.665. The number of pyridine rings is 1. The molecule has 0 fully saturated rings. The molecule has 0 radical (unpaired) electrons. The molecule has 0 spiro atoms. The minimum Gasteiger partial charge on any atom is -0.238 e. The maximum Gasteiger partial charge on any atom is 0.0696 e. The fraction of sp³-hybridized carbons (Fsp3) is 0.533. The van der Waals surface area contributed by atoms with E-state index in [0.29, 0.717) is 11.8 Å². The third-order valence-corrected chi connectivity index (χ3v) is 2.95. The Morgan fingerprint density at radius 1 is 1.06 bits per heavy atom. The molecule has 2 nitrogen and oxygen atoms in total. The average molecular weight is 230 g/mol. The van der Waals surface area contributed by atoms with E-state index in [1.54, 1.807) is 0 Å². The summed E-state index contributed by atoms with van der Waals surface area (Å²) in [5.41, 5.74) is 3.95. The summed E-state index contributed by atoms with van der Waals surface area (Å²) in [6.07, 6.45) is 4.22. The van der Waals surface area contributed by atoms with Crippen LogP contribution in [-0.2, 0) is 12.8 Å². The monoisotopic (exact) mass is 230 g/mol. The second-order valence-electron chi connectivity index (χ2n) is 5.68. The van der Waals surface area contributed by atoms with Crippen molar-refractivity contribution in [1.82, 2.24) is 9.61 Å². The van der Waals surface area contributed by atoms with Crippen LogP contribution in [0.3, 0.4) is 0 Å². The maximum atomic E-state index is 4.54. The highest BCUT2D eigenvalue weighted by atomic mass is 15.2. The lowest BCUT2D eigenvalue weighted by molar-refractivity contribution is 0.620. The van der Waals surface area contributed by atoms with Gasteiger partial charge in [-0.25, -0.2) is 4.52 Å². The zero-order chi connectivity index (χ0) is 12.4. The SMILES string of the molecule is CC(C)Cc1cnn2c(CC(C)C)cccc12. The summed E-state index contributed by atoms with van der Waals surface area (Å²) in [5.74, 6) is 1.34. The van der Waals surface area contributed by atoms with Gasteiger partial charge >= 0.3 is 0 Å². The number of hydrogen-bond acceptors (Lipinski definition) is 1. The third kappa shape index (κ3) is 2.68. The number of rotatable bonds is 4. The maximum absolute atomic E-state index is 4.54.